The van der Waals surface area contributed by atoms with Crippen molar-refractivity contribution in [3.8, 4) is 5.75 Å². The second kappa shape index (κ2) is 8.21. The minimum atomic E-state index is -0.921. The summed E-state index contributed by atoms with van der Waals surface area (Å²) in [6, 6.07) is 20.1. The highest BCUT2D eigenvalue weighted by Gasteiger charge is 2.45. The van der Waals surface area contributed by atoms with Crippen LogP contribution in [-0.2, 0) is 16.0 Å². The van der Waals surface area contributed by atoms with Gasteiger partial charge >= 0.3 is 0 Å². The van der Waals surface area contributed by atoms with Gasteiger partial charge in [0.2, 0.25) is 0 Å². The number of benzene rings is 2. The fourth-order valence-electron chi connectivity index (χ4n) is 3.66. The molecule has 1 unspecified atom stereocenters. The lowest BCUT2D eigenvalue weighted by Gasteiger charge is -2.26. The predicted octanol–water partition coefficient (Wildman–Crippen LogP) is 3.89. The number of ketones is 1. The minimum Gasteiger partial charge on any atom is -0.506 e. The molecule has 0 fully saturated rings. The van der Waals surface area contributed by atoms with Crippen LogP contribution in [0.2, 0.25) is 0 Å². The fraction of sp³-hybridized carbons (Fsp3) is 0.125. The summed E-state index contributed by atoms with van der Waals surface area (Å²) in [6.07, 6.45) is 2.18. The molecule has 1 aliphatic rings. The molecule has 1 aliphatic heterocycles. The third-order valence-corrected chi connectivity index (χ3v) is 5.10. The number of nitrogens with zero attached hydrogens (tertiary/aromatic N) is 2. The summed E-state index contributed by atoms with van der Waals surface area (Å²) < 4.78 is 0. The van der Waals surface area contributed by atoms with Crippen molar-refractivity contribution in [2.24, 2.45) is 0 Å². The number of aromatic nitrogens is 1. The van der Waals surface area contributed by atoms with Gasteiger partial charge in [-0.1, -0.05) is 48.5 Å². The van der Waals surface area contributed by atoms with Gasteiger partial charge in [-0.3, -0.25) is 19.5 Å². The summed E-state index contributed by atoms with van der Waals surface area (Å²) in [5.74, 6) is -1.81. The van der Waals surface area contributed by atoms with Gasteiger partial charge in [0.15, 0.2) is 11.5 Å². The molecule has 0 spiro atoms. The molecular weight excluding hydrogens is 380 g/mol. The van der Waals surface area contributed by atoms with E-state index in [0.29, 0.717) is 12.1 Å². The Bertz CT molecular complexity index is 1110. The van der Waals surface area contributed by atoms with Gasteiger partial charge in [0.25, 0.3) is 5.91 Å². The Kier molecular flexibility index (Phi) is 5.30. The lowest BCUT2D eigenvalue weighted by Crippen LogP contribution is -2.31. The number of para-hydroxylation sites is 2. The van der Waals surface area contributed by atoms with Crippen molar-refractivity contribution in [2.75, 3.05) is 4.90 Å². The number of carbonyl (C=O) groups is 2. The number of aliphatic hydroxyl groups is 1. The monoisotopic (exact) mass is 400 g/mol. The summed E-state index contributed by atoms with van der Waals surface area (Å²) in [5, 5.41) is 21.0. The molecule has 1 atom stereocenters. The molecule has 0 radical (unpaired) electrons. The number of phenolic OH excluding ortho intramolecular Hbond substituents is 1. The Labute approximate surface area is 173 Å². The highest BCUT2D eigenvalue weighted by molar-refractivity contribution is 6.16. The first-order valence-electron chi connectivity index (χ1n) is 9.60. The van der Waals surface area contributed by atoms with Crippen molar-refractivity contribution >= 4 is 17.4 Å². The normalized spacial score (nSPS) is 16.2. The molecule has 2 heterocycles. The molecule has 0 saturated carbocycles. The van der Waals surface area contributed by atoms with Crippen molar-refractivity contribution in [1.29, 1.82) is 0 Å². The molecular formula is C24H20N2O4. The smallest absolute Gasteiger partial charge is 0.294 e. The van der Waals surface area contributed by atoms with Gasteiger partial charge < -0.3 is 10.2 Å². The standard InChI is InChI=1S/C24H20N2O4/c27-19-12-5-4-11-18(19)26-22(17-10-6-7-15-25-17)21(23(29)24(26)30)20(28)14-13-16-8-2-1-3-9-16/h1-12,15,22,27,29H,13-14H2. The van der Waals surface area contributed by atoms with E-state index in [4.69, 9.17) is 0 Å². The maximum atomic E-state index is 13.1. The van der Waals surface area contributed by atoms with Crippen LogP contribution < -0.4 is 4.90 Å². The van der Waals surface area contributed by atoms with Gasteiger partial charge in [-0.2, -0.15) is 0 Å². The molecule has 1 amide bonds. The van der Waals surface area contributed by atoms with E-state index in [1.165, 1.54) is 11.0 Å². The van der Waals surface area contributed by atoms with E-state index in [0.717, 1.165) is 5.56 Å². The summed E-state index contributed by atoms with van der Waals surface area (Å²) in [7, 11) is 0. The number of pyridine rings is 1. The Morgan fingerprint density at radius 3 is 2.33 bits per heavy atom. The lowest BCUT2D eigenvalue weighted by molar-refractivity contribution is -0.118. The number of hydrogen-bond donors (Lipinski definition) is 2. The van der Waals surface area contributed by atoms with Crippen LogP contribution in [-0.4, -0.2) is 26.9 Å². The quantitative estimate of drug-likeness (QED) is 0.655. The number of aromatic hydroxyl groups is 1. The molecule has 2 aromatic carbocycles. The molecule has 6 nitrogen and oxygen atoms in total. The molecule has 0 bridgehead atoms. The maximum absolute atomic E-state index is 13.1. The first-order chi connectivity index (χ1) is 14.6. The van der Waals surface area contributed by atoms with Crippen molar-refractivity contribution in [2.45, 2.75) is 18.9 Å². The van der Waals surface area contributed by atoms with Crippen LogP contribution in [0.1, 0.15) is 23.7 Å². The predicted molar refractivity (Wildman–Crippen MR) is 112 cm³/mol. The number of carbonyl (C=O) groups excluding carboxylic acids is 2. The van der Waals surface area contributed by atoms with Crippen LogP contribution in [0, 0.1) is 0 Å². The lowest BCUT2D eigenvalue weighted by atomic mass is 9.95. The molecule has 2 N–H and O–H groups in total. The molecule has 150 valence electrons. The number of amides is 1. The summed E-state index contributed by atoms with van der Waals surface area (Å²) in [5.41, 5.74) is 1.62. The zero-order chi connectivity index (χ0) is 21.1. The zero-order valence-electron chi connectivity index (χ0n) is 16.1. The van der Waals surface area contributed by atoms with Gasteiger partial charge in [0.1, 0.15) is 11.8 Å². The van der Waals surface area contributed by atoms with Crippen LogP contribution in [0.25, 0.3) is 0 Å². The topological polar surface area (TPSA) is 90.7 Å². The number of rotatable bonds is 6. The van der Waals surface area contributed by atoms with Gasteiger partial charge in [0.05, 0.1) is 17.0 Å². The van der Waals surface area contributed by atoms with Gasteiger partial charge in [-0.15, -0.1) is 0 Å². The number of aryl methyl sites for hydroxylation is 1. The van der Waals surface area contributed by atoms with E-state index in [9.17, 15) is 19.8 Å². The van der Waals surface area contributed by atoms with E-state index in [2.05, 4.69) is 4.98 Å². The SMILES string of the molecule is O=C(CCc1ccccc1)C1=C(O)C(=O)N(c2ccccc2O)C1c1ccccn1. The van der Waals surface area contributed by atoms with E-state index in [1.54, 1.807) is 42.6 Å². The van der Waals surface area contributed by atoms with Crippen molar-refractivity contribution in [3.05, 3.63) is 102 Å². The Morgan fingerprint density at radius 1 is 0.933 bits per heavy atom. The Hall–Kier alpha value is -3.93. The summed E-state index contributed by atoms with van der Waals surface area (Å²) in [6.45, 7) is 0. The number of phenols is 1. The number of Topliss-reactive ketones (excluding diaryl/α,β-unsaturated/α-hetero) is 1. The van der Waals surface area contributed by atoms with Gasteiger partial charge in [-0.25, -0.2) is 0 Å². The van der Waals surface area contributed by atoms with E-state index in [1.807, 2.05) is 30.3 Å². The first kappa shape index (κ1) is 19.4. The molecule has 1 aromatic heterocycles. The number of anilines is 1. The minimum absolute atomic E-state index is 0.00196. The average molecular weight is 400 g/mol. The Morgan fingerprint density at radius 2 is 1.63 bits per heavy atom. The van der Waals surface area contributed by atoms with Crippen molar-refractivity contribution in [1.82, 2.24) is 4.98 Å². The Balaban J connectivity index is 1.73. The molecule has 6 heteroatoms. The second-order valence-corrected chi connectivity index (χ2v) is 6.99. The van der Waals surface area contributed by atoms with Crippen molar-refractivity contribution < 1.29 is 19.8 Å². The van der Waals surface area contributed by atoms with Crippen LogP contribution >= 0.6 is 0 Å². The maximum Gasteiger partial charge on any atom is 0.294 e. The fourth-order valence-corrected chi connectivity index (χ4v) is 3.66. The molecule has 0 saturated heterocycles. The highest BCUT2D eigenvalue weighted by atomic mass is 16.3. The first-order valence-corrected chi connectivity index (χ1v) is 9.60. The highest BCUT2D eigenvalue weighted by Crippen LogP contribution is 2.43. The summed E-state index contributed by atoms with van der Waals surface area (Å²) >= 11 is 0. The second-order valence-electron chi connectivity index (χ2n) is 6.99. The molecule has 3 aromatic rings. The third kappa shape index (κ3) is 3.55. The van der Waals surface area contributed by atoms with Crippen LogP contribution in [0.15, 0.2) is 90.3 Å². The largest absolute Gasteiger partial charge is 0.506 e. The van der Waals surface area contributed by atoms with Crippen LogP contribution in [0.5, 0.6) is 5.75 Å². The van der Waals surface area contributed by atoms with Crippen molar-refractivity contribution in [3.63, 3.8) is 0 Å². The summed E-state index contributed by atoms with van der Waals surface area (Å²) in [4.78, 5) is 31.6. The molecule has 0 aliphatic carbocycles. The third-order valence-electron chi connectivity index (χ3n) is 5.10. The van der Waals surface area contributed by atoms with E-state index < -0.39 is 17.7 Å². The van der Waals surface area contributed by atoms with Gasteiger partial charge in [-0.05, 0) is 36.2 Å². The van der Waals surface area contributed by atoms with Gasteiger partial charge in [0, 0.05) is 12.6 Å². The number of aliphatic hydroxyl groups excluding tert-OH is 1. The van der Waals surface area contributed by atoms with Crippen LogP contribution in [0.3, 0.4) is 0 Å². The van der Waals surface area contributed by atoms with Crippen LogP contribution in [0.4, 0.5) is 5.69 Å². The molecule has 30 heavy (non-hydrogen) atoms. The number of hydrogen-bond acceptors (Lipinski definition) is 5. The zero-order valence-corrected chi connectivity index (χ0v) is 16.1. The van der Waals surface area contributed by atoms with E-state index in [-0.39, 0.29) is 29.2 Å². The molecule has 4 rings (SSSR count). The average Bonchev–Trinajstić information content (AvgIpc) is 3.04. The van der Waals surface area contributed by atoms with E-state index >= 15 is 0 Å².